The van der Waals surface area contributed by atoms with E-state index >= 15 is 0 Å². The predicted molar refractivity (Wildman–Crippen MR) is 75.6 cm³/mol. The quantitative estimate of drug-likeness (QED) is 0.805. The number of aliphatic hydroxyl groups is 1. The van der Waals surface area contributed by atoms with Crippen molar-refractivity contribution < 1.29 is 5.11 Å². The number of aliphatic hydroxyl groups excluding tert-OH is 1. The maximum absolute atomic E-state index is 9.80. The molecule has 4 unspecified atom stereocenters. The largest absolute Gasteiger partial charge is 0.393 e. The van der Waals surface area contributed by atoms with E-state index in [1.807, 2.05) is 0 Å². The molecular weight excluding hydrogens is 224 g/mol. The highest BCUT2D eigenvalue weighted by Crippen LogP contribution is 2.41. The van der Waals surface area contributed by atoms with Gasteiger partial charge in [0.25, 0.3) is 0 Å². The molecule has 2 N–H and O–H groups in total. The highest BCUT2D eigenvalue weighted by atomic mass is 16.3. The molecule has 3 nitrogen and oxygen atoms in total. The molecule has 1 aliphatic carbocycles. The van der Waals surface area contributed by atoms with Crippen LogP contribution in [0.5, 0.6) is 0 Å². The molecule has 2 rings (SSSR count). The topological polar surface area (TPSA) is 35.5 Å². The molecular formula is C15H30N2O. The van der Waals surface area contributed by atoms with Crippen LogP contribution in [0.1, 0.15) is 40.0 Å². The molecule has 1 saturated heterocycles. The summed E-state index contributed by atoms with van der Waals surface area (Å²) in [5.41, 5.74) is 0.431. The minimum absolute atomic E-state index is 0.0821. The molecule has 0 aromatic rings. The summed E-state index contributed by atoms with van der Waals surface area (Å²) in [6, 6.07) is 0.639. The summed E-state index contributed by atoms with van der Waals surface area (Å²) < 4.78 is 0. The van der Waals surface area contributed by atoms with Crippen molar-refractivity contribution in [1.82, 2.24) is 10.2 Å². The molecule has 0 aromatic carbocycles. The zero-order chi connectivity index (χ0) is 13.3. The third-order valence-electron chi connectivity index (χ3n) is 5.22. The van der Waals surface area contributed by atoms with Gasteiger partial charge in [-0.1, -0.05) is 20.8 Å². The highest BCUT2D eigenvalue weighted by Gasteiger charge is 2.41. The SMILES string of the molecule is CNC1C(CN2CCC(O)C(C)C2)CCC1(C)C. The molecule has 0 aromatic heterocycles. The first-order valence-corrected chi connectivity index (χ1v) is 7.51. The number of likely N-dealkylation sites (tertiary alicyclic amines) is 1. The zero-order valence-corrected chi connectivity index (χ0v) is 12.4. The van der Waals surface area contributed by atoms with Gasteiger partial charge in [-0.25, -0.2) is 0 Å². The fraction of sp³-hybridized carbons (Fsp3) is 1.00. The van der Waals surface area contributed by atoms with Gasteiger partial charge < -0.3 is 15.3 Å². The zero-order valence-electron chi connectivity index (χ0n) is 12.4. The number of piperidine rings is 1. The normalized spacial score (nSPS) is 41.2. The first-order chi connectivity index (χ1) is 8.44. The van der Waals surface area contributed by atoms with E-state index < -0.39 is 0 Å². The van der Waals surface area contributed by atoms with Gasteiger partial charge in [-0.05, 0) is 43.6 Å². The Hall–Kier alpha value is -0.120. The number of rotatable bonds is 3. The van der Waals surface area contributed by atoms with Crippen molar-refractivity contribution >= 4 is 0 Å². The molecule has 0 amide bonds. The van der Waals surface area contributed by atoms with E-state index in [0.717, 1.165) is 25.4 Å². The number of hydrogen-bond donors (Lipinski definition) is 2. The van der Waals surface area contributed by atoms with Gasteiger partial charge in [0.05, 0.1) is 6.10 Å². The molecule has 1 saturated carbocycles. The average molecular weight is 254 g/mol. The molecule has 1 heterocycles. The van der Waals surface area contributed by atoms with Gasteiger partial charge in [-0.3, -0.25) is 0 Å². The summed E-state index contributed by atoms with van der Waals surface area (Å²) in [6.45, 7) is 10.3. The van der Waals surface area contributed by atoms with Crippen molar-refractivity contribution in [2.75, 3.05) is 26.7 Å². The van der Waals surface area contributed by atoms with Crippen LogP contribution in [-0.2, 0) is 0 Å². The van der Waals surface area contributed by atoms with Crippen molar-refractivity contribution in [2.24, 2.45) is 17.3 Å². The molecule has 1 aliphatic heterocycles. The van der Waals surface area contributed by atoms with Crippen LogP contribution in [0.25, 0.3) is 0 Å². The van der Waals surface area contributed by atoms with Gasteiger partial charge in [0.15, 0.2) is 0 Å². The second kappa shape index (κ2) is 5.48. The van der Waals surface area contributed by atoms with Crippen molar-refractivity contribution in [3.05, 3.63) is 0 Å². The van der Waals surface area contributed by atoms with Crippen LogP contribution in [0.4, 0.5) is 0 Å². The Labute approximate surface area is 112 Å². The van der Waals surface area contributed by atoms with Gasteiger partial charge in [0.1, 0.15) is 0 Å². The fourth-order valence-electron chi connectivity index (χ4n) is 4.06. The maximum atomic E-state index is 9.80. The van der Waals surface area contributed by atoms with Crippen molar-refractivity contribution in [2.45, 2.75) is 52.2 Å². The minimum atomic E-state index is -0.0821. The smallest absolute Gasteiger partial charge is 0.0590 e. The van der Waals surface area contributed by atoms with E-state index in [4.69, 9.17) is 0 Å². The lowest BCUT2D eigenvalue weighted by atomic mass is 9.84. The van der Waals surface area contributed by atoms with Crippen LogP contribution in [0, 0.1) is 17.3 Å². The molecule has 3 heteroatoms. The molecule has 0 spiro atoms. The maximum Gasteiger partial charge on any atom is 0.0590 e. The second-order valence-electron chi connectivity index (χ2n) is 7.15. The predicted octanol–water partition coefficient (Wildman–Crippen LogP) is 1.71. The van der Waals surface area contributed by atoms with Crippen LogP contribution in [-0.4, -0.2) is 48.8 Å². The average Bonchev–Trinajstić information content (AvgIpc) is 2.59. The first kappa shape index (κ1) is 14.3. The van der Waals surface area contributed by atoms with Crippen LogP contribution >= 0.6 is 0 Å². The standard InChI is InChI=1S/C15H30N2O/c1-11-9-17(8-6-13(11)18)10-12-5-7-15(2,3)14(12)16-4/h11-14,16,18H,5-10H2,1-4H3. The van der Waals surface area contributed by atoms with Crippen molar-refractivity contribution in [3.63, 3.8) is 0 Å². The Morgan fingerprint density at radius 3 is 2.67 bits per heavy atom. The summed E-state index contributed by atoms with van der Waals surface area (Å²) in [7, 11) is 2.10. The molecule has 18 heavy (non-hydrogen) atoms. The van der Waals surface area contributed by atoms with Crippen LogP contribution in [0.15, 0.2) is 0 Å². The molecule has 0 radical (unpaired) electrons. The second-order valence-corrected chi connectivity index (χ2v) is 7.15. The lowest BCUT2D eigenvalue weighted by Crippen LogP contribution is -2.48. The van der Waals surface area contributed by atoms with E-state index in [-0.39, 0.29) is 6.10 Å². The Morgan fingerprint density at radius 1 is 1.33 bits per heavy atom. The van der Waals surface area contributed by atoms with Gasteiger partial charge in [-0.15, -0.1) is 0 Å². The molecule has 2 fully saturated rings. The van der Waals surface area contributed by atoms with E-state index in [2.05, 4.69) is 38.0 Å². The third kappa shape index (κ3) is 2.89. The van der Waals surface area contributed by atoms with Gasteiger partial charge in [0, 0.05) is 25.7 Å². The van der Waals surface area contributed by atoms with Crippen molar-refractivity contribution in [3.8, 4) is 0 Å². The Balaban J connectivity index is 1.90. The Kier molecular flexibility index (Phi) is 4.35. The molecule has 2 aliphatic rings. The van der Waals surface area contributed by atoms with Crippen LogP contribution in [0.2, 0.25) is 0 Å². The van der Waals surface area contributed by atoms with Crippen LogP contribution in [0.3, 0.4) is 0 Å². The summed E-state index contributed by atoms with van der Waals surface area (Å²) in [5, 5.41) is 13.3. The summed E-state index contributed by atoms with van der Waals surface area (Å²) >= 11 is 0. The Morgan fingerprint density at radius 2 is 2.06 bits per heavy atom. The van der Waals surface area contributed by atoms with E-state index in [1.165, 1.54) is 19.4 Å². The number of hydrogen-bond acceptors (Lipinski definition) is 3. The highest BCUT2D eigenvalue weighted by molar-refractivity contribution is 4.97. The monoisotopic (exact) mass is 254 g/mol. The van der Waals surface area contributed by atoms with Gasteiger partial charge in [0.2, 0.25) is 0 Å². The summed E-state index contributed by atoms with van der Waals surface area (Å²) in [6.07, 6.45) is 3.53. The van der Waals surface area contributed by atoms with Crippen LogP contribution < -0.4 is 5.32 Å². The summed E-state index contributed by atoms with van der Waals surface area (Å²) in [4.78, 5) is 2.56. The molecule has 0 bridgehead atoms. The van der Waals surface area contributed by atoms with Crippen molar-refractivity contribution in [1.29, 1.82) is 0 Å². The molecule has 4 atom stereocenters. The van der Waals surface area contributed by atoms with Gasteiger partial charge in [-0.2, -0.15) is 0 Å². The lowest BCUT2D eigenvalue weighted by molar-refractivity contribution is 0.0268. The van der Waals surface area contributed by atoms with E-state index in [1.54, 1.807) is 0 Å². The van der Waals surface area contributed by atoms with E-state index in [9.17, 15) is 5.11 Å². The van der Waals surface area contributed by atoms with Gasteiger partial charge >= 0.3 is 0 Å². The number of nitrogens with zero attached hydrogens (tertiary/aromatic N) is 1. The minimum Gasteiger partial charge on any atom is -0.393 e. The first-order valence-electron chi connectivity index (χ1n) is 7.51. The van der Waals surface area contributed by atoms with E-state index in [0.29, 0.717) is 17.4 Å². The molecule has 106 valence electrons. The number of nitrogens with one attached hydrogen (secondary N) is 1. The third-order valence-corrected chi connectivity index (χ3v) is 5.22. The summed E-state index contributed by atoms with van der Waals surface area (Å²) in [5.74, 6) is 1.20. The Bertz CT molecular complexity index is 280. The fourth-order valence-corrected chi connectivity index (χ4v) is 4.06. The lowest BCUT2D eigenvalue weighted by Gasteiger charge is -2.38.